The summed E-state index contributed by atoms with van der Waals surface area (Å²) in [5.41, 5.74) is 1.93. The second-order valence-electron chi connectivity index (χ2n) is 11.1. The Kier molecular flexibility index (Phi) is 6.51. The van der Waals surface area contributed by atoms with E-state index >= 15 is 0 Å². The van der Waals surface area contributed by atoms with Crippen molar-refractivity contribution < 1.29 is 17.9 Å². The molecular formula is C27H32N8O4S. The van der Waals surface area contributed by atoms with Gasteiger partial charge in [0.1, 0.15) is 11.6 Å². The van der Waals surface area contributed by atoms with E-state index in [1.165, 1.54) is 12.4 Å². The monoisotopic (exact) mass is 564 g/mol. The third-order valence-electron chi connectivity index (χ3n) is 8.08. The van der Waals surface area contributed by atoms with Crippen molar-refractivity contribution in [1.29, 1.82) is 0 Å². The first-order valence-electron chi connectivity index (χ1n) is 14.0. The van der Waals surface area contributed by atoms with Crippen molar-refractivity contribution in [2.75, 3.05) is 36.9 Å². The molecule has 0 radical (unpaired) electrons. The van der Waals surface area contributed by atoms with Gasteiger partial charge in [-0.3, -0.25) is 9.69 Å². The molecule has 3 aromatic rings. The molecule has 3 aromatic heterocycles. The summed E-state index contributed by atoms with van der Waals surface area (Å²) < 4.78 is 31.4. The summed E-state index contributed by atoms with van der Waals surface area (Å²) in [7, 11) is -3.47. The topological polar surface area (TPSA) is 144 Å². The smallest absolute Gasteiger partial charge is 0.256 e. The molecule has 13 heteroatoms. The zero-order chi connectivity index (χ0) is 27.3. The van der Waals surface area contributed by atoms with Gasteiger partial charge in [-0.25, -0.2) is 23.4 Å². The third-order valence-corrected chi connectivity index (χ3v) is 10.1. The van der Waals surface area contributed by atoms with Crippen LogP contribution in [0, 0.1) is 5.92 Å². The Hall–Kier alpha value is -3.42. The van der Waals surface area contributed by atoms with Gasteiger partial charge >= 0.3 is 0 Å². The normalized spacial score (nSPS) is 20.7. The van der Waals surface area contributed by atoms with Crippen LogP contribution in [-0.4, -0.2) is 86.9 Å². The van der Waals surface area contributed by atoms with E-state index in [0.717, 1.165) is 61.8 Å². The Morgan fingerprint density at radius 3 is 2.50 bits per heavy atom. The van der Waals surface area contributed by atoms with Crippen LogP contribution in [0.25, 0.3) is 11.4 Å². The van der Waals surface area contributed by atoms with Crippen LogP contribution in [0.4, 0.5) is 17.3 Å². The van der Waals surface area contributed by atoms with E-state index in [1.54, 1.807) is 18.5 Å². The van der Waals surface area contributed by atoms with Crippen LogP contribution in [0.2, 0.25) is 0 Å². The molecule has 0 atom stereocenters. The summed E-state index contributed by atoms with van der Waals surface area (Å²) in [5.74, 6) is 1.64. The second-order valence-corrected chi connectivity index (χ2v) is 13.2. The fraction of sp³-hybridized carbons (Fsp3) is 0.519. The fourth-order valence-electron chi connectivity index (χ4n) is 5.24. The molecule has 0 bridgehead atoms. The van der Waals surface area contributed by atoms with Crippen LogP contribution in [0.5, 0.6) is 0 Å². The molecule has 4 aliphatic rings. The SMILES string of the molecule is O=C(c1cnc(Nc2ccnc(-c3cnn(S(=O)(=O)C4CC4)c3)n2)cc1NC1CCN(C2COC2)CC1)C1CC1. The molecule has 2 aliphatic carbocycles. The minimum Gasteiger partial charge on any atom is -0.381 e. The lowest BCUT2D eigenvalue weighted by atomic mass is 10.0. The fourth-order valence-corrected chi connectivity index (χ4v) is 6.72. The minimum atomic E-state index is -3.47. The average Bonchev–Trinajstić information content (AvgIpc) is 3.86. The van der Waals surface area contributed by atoms with Crippen LogP contribution in [0.1, 0.15) is 48.9 Å². The summed E-state index contributed by atoms with van der Waals surface area (Å²) in [6.45, 7) is 3.67. The van der Waals surface area contributed by atoms with Crippen molar-refractivity contribution in [3.05, 3.63) is 42.5 Å². The Balaban J connectivity index is 1.08. The lowest BCUT2D eigenvalue weighted by molar-refractivity contribution is -0.0705. The van der Waals surface area contributed by atoms with E-state index in [4.69, 9.17) is 4.74 Å². The number of piperidine rings is 1. The molecule has 2 N–H and O–H groups in total. The van der Waals surface area contributed by atoms with Gasteiger partial charge < -0.3 is 15.4 Å². The highest BCUT2D eigenvalue weighted by atomic mass is 32.2. The summed E-state index contributed by atoms with van der Waals surface area (Å²) in [4.78, 5) is 28.9. The number of hydrogen-bond donors (Lipinski definition) is 2. The number of nitrogens with zero attached hydrogens (tertiary/aromatic N) is 6. The molecule has 210 valence electrons. The second kappa shape index (κ2) is 10.2. The first kappa shape index (κ1) is 25.5. The van der Waals surface area contributed by atoms with Crippen molar-refractivity contribution in [2.45, 2.75) is 55.9 Å². The average molecular weight is 565 g/mol. The summed E-state index contributed by atoms with van der Waals surface area (Å²) in [6.07, 6.45) is 11.4. The molecule has 5 heterocycles. The maximum atomic E-state index is 13.1. The number of carbonyl (C=O) groups excluding carboxylic acids is 1. The highest BCUT2D eigenvalue weighted by molar-refractivity contribution is 7.90. The lowest BCUT2D eigenvalue weighted by Gasteiger charge is -2.41. The summed E-state index contributed by atoms with van der Waals surface area (Å²) in [5, 5.41) is 10.5. The first-order valence-corrected chi connectivity index (χ1v) is 15.5. The van der Waals surface area contributed by atoms with Crippen molar-refractivity contribution in [2.24, 2.45) is 5.92 Å². The highest BCUT2D eigenvalue weighted by Gasteiger charge is 2.38. The molecule has 7 rings (SSSR count). The number of rotatable bonds is 10. The van der Waals surface area contributed by atoms with Gasteiger partial charge in [-0.05, 0) is 44.6 Å². The molecule has 0 spiro atoms. The third kappa shape index (κ3) is 5.20. The summed E-state index contributed by atoms with van der Waals surface area (Å²) >= 11 is 0. The molecule has 4 fully saturated rings. The number of pyridine rings is 1. The van der Waals surface area contributed by atoms with E-state index in [1.807, 2.05) is 6.07 Å². The van der Waals surface area contributed by atoms with Crippen LogP contribution in [0.3, 0.4) is 0 Å². The quantitative estimate of drug-likeness (QED) is 0.351. The van der Waals surface area contributed by atoms with E-state index in [2.05, 4.69) is 35.6 Å². The van der Waals surface area contributed by atoms with E-state index in [-0.39, 0.29) is 23.0 Å². The molecular weight excluding hydrogens is 532 g/mol. The zero-order valence-corrected chi connectivity index (χ0v) is 22.9. The molecule has 0 unspecified atom stereocenters. The van der Waals surface area contributed by atoms with Crippen LogP contribution in [-0.2, 0) is 14.8 Å². The highest BCUT2D eigenvalue weighted by Crippen LogP contribution is 2.36. The van der Waals surface area contributed by atoms with Gasteiger partial charge in [0.05, 0.1) is 53.7 Å². The van der Waals surface area contributed by atoms with Crippen molar-refractivity contribution in [3.8, 4) is 11.4 Å². The first-order chi connectivity index (χ1) is 19.4. The van der Waals surface area contributed by atoms with Crippen molar-refractivity contribution in [1.82, 2.24) is 29.0 Å². The number of Topliss-reactive ketones (excluding diaryl/α,β-unsaturated/α-hetero) is 1. The minimum absolute atomic E-state index is 0.0932. The number of nitrogens with one attached hydrogen (secondary N) is 2. The Labute approximate surface area is 232 Å². The van der Waals surface area contributed by atoms with Gasteiger partial charge in [0.15, 0.2) is 11.6 Å². The molecule has 0 amide bonds. The maximum Gasteiger partial charge on any atom is 0.256 e. The standard InChI is InChI=1S/C27H32N8O4S/c36-26(17-1-2-17)22-13-29-25(11-23(22)31-19-6-9-34(10-7-19)20-15-39-16-20)32-24-5-8-28-27(33-24)18-12-30-35(14-18)40(37,38)21-3-4-21/h5,8,11-14,17,19-21H,1-4,6-7,9-10,15-16H2,(H2,28,29,31,32,33). The number of ether oxygens (including phenoxy) is 1. The zero-order valence-electron chi connectivity index (χ0n) is 22.1. The number of aromatic nitrogens is 5. The number of likely N-dealkylation sites (tertiary alicyclic amines) is 1. The maximum absolute atomic E-state index is 13.1. The van der Waals surface area contributed by atoms with Gasteiger partial charge in [-0.15, -0.1) is 0 Å². The predicted octanol–water partition coefficient (Wildman–Crippen LogP) is 2.69. The van der Waals surface area contributed by atoms with E-state index < -0.39 is 10.0 Å². The molecule has 0 aromatic carbocycles. The Morgan fingerprint density at radius 2 is 1.80 bits per heavy atom. The Bertz CT molecular complexity index is 1520. The lowest BCUT2D eigenvalue weighted by Crippen LogP contribution is -2.53. The summed E-state index contributed by atoms with van der Waals surface area (Å²) in [6, 6.07) is 4.41. The number of carbonyl (C=O) groups is 1. The molecule has 12 nitrogen and oxygen atoms in total. The number of anilines is 3. The van der Waals surface area contributed by atoms with Crippen LogP contribution in [0.15, 0.2) is 36.9 Å². The van der Waals surface area contributed by atoms with Crippen molar-refractivity contribution in [3.63, 3.8) is 0 Å². The number of hydrogen-bond acceptors (Lipinski definition) is 11. The van der Waals surface area contributed by atoms with Gasteiger partial charge in [0.2, 0.25) is 0 Å². The van der Waals surface area contributed by atoms with Gasteiger partial charge in [0, 0.05) is 43.5 Å². The van der Waals surface area contributed by atoms with Gasteiger partial charge in [-0.1, -0.05) is 0 Å². The van der Waals surface area contributed by atoms with Crippen LogP contribution >= 0.6 is 0 Å². The molecule has 2 aliphatic heterocycles. The molecule has 2 saturated heterocycles. The molecule has 40 heavy (non-hydrogen) atoms. The van der Waals surface area contributed by atoms with E-state index in [0.29, 0.717) is 47.5 Å². The number of ketones is 1. The van der Waals surface area contributed by atoms with Gasteiger partial charge in [-0.2, -0.15) is 9.19 Å². The largest absolute Gasteiger partial charge is 0.381 e. The predicted molar refractivity (Wildman–Crippen MR) is 148 cm³/mol. The van der Waals surface area contributed by atoms with Crippen LogP contribution < -0.4 is 10.6 Å². The molecule has 2 saturated carbocycles. The van der Waals surface area contributed by atoms with Gasteiger partial charge in [0.25, 0.3) is 10.0 Å². The van der Waals surface area contributed by atoms with E-state index in [9.17, 15) is 13.2 Å². The van der Waals surface area contributed by atoms with Crippen molar-refractivity contribution >= 4 is 33.1 Å². The Morgan fingerprint density at radius 1 is 1.00 bits per heavy atom.